The fraction of sp³-hybridized carbons (Fsp3) is 0.462. The molecule has 1 rings (SSSR count). The summed E-state index contributed by atoms with van der Waals surface area (Å²) in [5, 5.41) is 2.96. The highest BCUT2D eigenvalue weighted by molar-refractivity contribution is 5.77. The first-order valence-electron chi connectivity index (χ1n) is 5.82. The molecular formula is C13H19FN2O2. The number of ether oxygens (including phenoxy) is 1. The van der Waals surface area contributed by atoms with Crippen LogP contribution in [-0.4, -0.2) is 44.7 Å². The van der Waals surface area contributed by atoms with Crippen LogP contribution in [0.15, 0.2) is 24.3 Å². The van der Waals surface area contributed by atoms with Crippen molar-refractivity contribution in [3.8, 4) is 0 Å². The van der Waals surface area contributed by atoms with Crippen molar-refractivity contribution in [2.75, 3.05) is 33.9 Å². The van der Waals surface area contributed by atoms with Crippen molar-refractivity contribution in [1.29, 1.82) is 0 Å². The Morgan fingerprint density at radius 1 is 1.44 bits per heavy atom. The van der Waals surface area contributed by atoms with E-state index in [1.54, 1.807) is 32.4 Å². The Morgan fingerprint density at radius 3 is 2.83 bits per heavy atom. The maximum absolute atomic E-state index is 13.4. The van der Waals surface area contributed by atoms with E-state index in [1.165, 1.54) is 11.0 Å². The topological polar surface area (TPSA) is 41.6 Å². The number of benzene rings is 1. The second kappa shape index (κ2) is 7.79. The Balaban J connectivity index is 2.38. The lowest BCUT2D eigenvalue weighted by atomic mass is 10.2. The molecule has 0 aliphatic rings. The molecule has 0 spiro atoms. The first kappa shape index (κ1) is 14.6. The Hall–Kier alpha value is -1.46. The maximum Gasteiger partial charge on any atom is 0.236 e. The molecule has 1 aromatic rings. The van der Waals surface area contributed by atoms with Gasteiger partial charge in [-0.3, -0.25) is 4.79 Å². The second-order valence-electron chi connectivity index (χ2n) is 4.01. The van der Waals surface area contributed by atoms with Gasteiger partial charge in [-0.2, -0.15) is 0 Å². The van der Waals surface area contributed by atoms with Gasteiger partial charge in [-0.15, -0.1) is 0 Å². The lowest BCUT2D eigenvalue weighted by molar-refractivity contribution is -0.129. The summed E-state index contributed by atoms with van der Waals surface area (Å²) in [4.78, 5) is 13.2. The number of hydrogen-bond acceptors (Lipinski definition) is 3. The minimum absolute atomic E-state index is 0.0747. The molecule has 0 atom stereocenters. The summed E-state index contributed by atoms with van der Waals surface area (Å²) in [6, 6.07) is 6.46. The molecule has 0 radical (unpaired) electrons. The van der Waals surface area contributed by atoms with Crippen LogP contribution >= 0.6 is 0 Å². The smallest absolute Gasteiger partial charge is 0.236 e. The van der Waals surface area contributed by atoms with Crippen LogP contribution in [0.1, 0.15) is 5.56 Å². The van der Waals surface area contributed by atoms with Crippen molar-refractivity contribution < 1.29 is 13.9 Å². The number of carbonyl (C=O) groups is 1. The first-order valence-corrected chi connectivity index (χ1v) is 5.82. The Kier molecular flexibility index (Phi) is 6.32. The van der Waals surface area contributed by atoms with Crippen LogP contribution in [0.25, 0.3) is 0 Å². The molecular weight excluding hydrogens is 235 g/mol. The number of nitrogens with one attached hydrogen (secondary N) is 1. The number of halogens is 1. The van der Waals surface area contributed by atoms with Gasteiger partial charge in [0.2, 0.25) is 5.91 Å². The van der Waals surface area contributed by atoms with E-state index in [0.29, 0.717) is 18.7 Å². The van der Waals surface area contributed by atoms with Crippen LogP contribution in [0.2, 0.25) is 0 Å². The fourth-order valence-corrected chi connectivity index (χ4v) is 1.47. The van der Waals surface area contributed by atoms with Gasteiger partial charge in [0.25, 0.3) is 0 Å². The van der Waals surface area contributed by atoms with Crippen LogP contribution in [0, 0.1) is 5.82 Å². The van der Waals surface area contributed by atoms with E-state index in [2.05, 4.69) is 5.32 Å². The van der Waals surface area contributed by atoms with E-state index in [9.17, 15) is 9.18 Å². The average Bonchev–Trinajstić information content (AvgIpc) is 2.37. The standard InChI is InChI=1S/C13H19FN2O2/c1-16(13(17)9-15-7-8-18-2)10-11-5-3-4-6-12(11)14/h3-6,15H,7-10H2,1-2H3. The van der Waals surface area contributed by atoms with E-state index in [1.807, 2.05) is 0 Å². The number of amides is 1. The average molecular weight is 254 g/mol. The SMILES string of the molecule is COCCNCC(=O)N(C)Cc1ccccc1F. The van der Waals surface area contributed by atoms with Crippen LogP contribution in [-0.2, 0) is 16.1 Å². The third-order valence-corrected chi connectivity index (χ3v) is 2.55. The molecule has 0 unspecified atom stereocenters. The summed E-state index contributed by atoms with van der Waals surface area (Å²) in [5.41, 5.74) is 0.519. The number of methoxy groups -OCH3 is 1. The molecule has 0 fully saturated rings. The van der Waals surface area contributed by atoms with Gasteiger partial charge in [0.15, 0.2) is 0 Å². The molecule has 0 aromatic heterocycles. The van der Waals surface area contributed by atoms with Crippen molar-refractivity contribution in [1.82, 2.24) is 10.2 Å². The van der Waals surface area contributed by atoms with Gasteiger partial charge in [-0.1, -0.05) is 18.2 Å². The third kappa shape index (κ3) is 4.81. The molecule has 0 aliphatic heterocycles. The minimum Gasteiger partial charge on any atom is -0.383 e. The van der Waals surface area contributed by atoms with Crippen molar-refractivity contribution >= 4 is 5.91 Å². The first-order chi connectivity index (χ1) is 8.65. The molecule has 0 saturated heterocycles. The zero-order valence-electron chi connectivity index (χ0n) is 10.8. The zero-order valence-corrected chi connectivity index (χ0v) is 10.8. The van der Waals surface area contributed by atoms with Gasteiger partial charge in [-0.05, 0) is 6.07 Å². The van der Waals surface area contributed by atoms with Gasteiger partial charge in [0.1, 0.15) is 5.82 Å². The fourth-order valence-electron chi connectivity index (χ4n) is 1.47. The van der Waals surface area contributed by atoms with Crippen molar-refractivity contribution in [2.24, 2.45) is 0 Å². The van der Waals surface area contributed by atoms with Crippen molar-refractivity contribution in [3.63, 3.8) is 0 Å². The lowest BCUT2D eigenvalue weighted by Gasteiger charge is -2.18. The summed E-state index contributed by atoms with van der Waals surface area (Å²) in [5.74, 6) is -0.362. The third-order valence-electron chi connectivity index (χ3n) is 2.55. The van der Waals surface area contributed by atoms with E-state index in [-0.39, 0.29) is 24.8 Å². The summed E-state index contributed by atoms with van der Waals surface area (Å²) in [7, 11) is 3.26. The number of nitrogens with zero attached hydrogens (tertiary/aromatic N) is 1. The molecule has 0 bridgehead atoms. The summed E-state index contributed by atoms with van der Waals surface area (Å²) >= 11 is 0. The highest BCUT2D eigenvalue weighted by atomic mass is 19.1. The van der Waals surface area contributed by atoms with E-state index >= 15 is 0 Å². The monoisotopic (exact) mass is 254 g/mol. The Morgan fingerprint density at radius 2 is 2.17 bits per heavy atom. The van der Waals surface area contributed by atoms with E-state index < -0.39 is 0 Å². The van der Waals surface area contributed by atoms with Crippen molar-refractivity contribution in [3.05, 3.63) is 35.6 Å². The largest absolute Gasteiger partial charge is 0.383 e. The van der Waals surface area contributed by atoms with Gasteiger partial charge in [0.05, 0.1) is 13.2 Å². The number of likely N-dealkylation sites (N-methyl/N-ethyl adjacent to an activating group) is 1. The van der Waals surface area contributed by atoms with Gasteiger partial charge in [-0.25, -0.2) is 4.39 Å². The highest BCUT2D eigenvalue weighted by Gasteiger charge is 2.10. The van der Waals surface area contributed by atoms with Gasteiger partial charge < -0.3 is 15.0 Å². The molecule has 4 nitrogen and oxygen atoms in total. The second-order valence-corrected chi connectivity index (χ2v) is 4.01. The molecule has 0 aliphatic carbocycles. The number of carbonyl (C=O) groups excluding carboxylic acids is 1. The molecule has 1 N–H and O–H groups in total. The predicted octanol–water partition coefficient (Wildman–Crippen LogP) is 1.02. The molecule has 0 heterocycles. The summed E-state index contributed by atoms with van der Waals surface area (Å²) in [6.07, 6.45) is 0. The minimum atomic E-state index is -0.288. The number of hydrogen-bond donors (Lipinski definition) is 1. The Bertz CT molecular complexity index is 385. The van der Waals surface area contributed by atoms with E-state index in [0.717, 1.165) is 0 Å². The lowest BCUT2D eigenvalue weighted by Crippen LogP contribution is -2.36. The van der Waals surface area contributed by atoms with Crippen molar-refractivity contribution in [2.45, 2.75) is 6.54 Å². The summed E-state index contributed by atoms with van der Waals surface area (Å²) in [6.45, 7) is 1.69. The van der Waals surface area contributed by atoms with Crippen LogP contribution in [0.4, 0.5) is 4.39 Å². The van der Waals surface area contributed by atoms with Gasteiger partial charge >= 0.3 is 0 Å². The van der Waals surface area contributed by atoms with Gasteiger partial charge in [0, 0.05) is 32.8 Å². The maximum atomic E-state index is 13.4. The number of rotatable bonds is 7. The quantitative estimate of drug-likeness (QED) is 0.739. The molecule has 0 saturated carbocycles. The normalized spacial score (nSPS) is 10.4. The molecule has 5 heteroatoms. The molecule has 1 amide bonds. The molecule has 1 aromatic carbocycles. The molecule has 18 heavy (non-hydrogen) atoms. The summed E-state index contributed by atoms with van der Waals surface area (Å²) < 4.78 is 18.3. The highest BCUT2D eigenvalue weighted by Crippen LogP contribution is 2.08. The van der Waals surface area contributed by atoms with Crippen LogP contribution in [0.3, 0.4) is 0 Å². The van der Waals surface area contributed by atoms with Crippen LogP contribution < -0.4 is 5.32 Å². The Labute approximate surface area is 107 Å². The molecule has 100 valence electrons. The zero-order chi connectivity index (χ0) is 13.4. The van der Waals surface area contributed by atoms with E-state index in [4.69, 9.17) is 4.74 Å². The predicted molar refractivity (Wildman–Crippen MR) is 67.6 cm³/mol. The van der Waals surface area contributed by atoms with Crippen LogP contribution in [0.5, 0.6) is 0 Å².